The molecule has 0 aromatic heterocycles. The van der Waals surface area contributed by atoms with Gasteiger partial charge in [-0.2, -0.15) is 22.7 Å². The summed E-state index contributed by atoms with van der Waals surface area (Å²) in [6.07, 6.45) is -4.38. The first-order valence-corrected chi connectivity index (χ1v) is 10.4. The molecule has 0 aliphatic carbocycles. The van der Waals surface area contributed by atoms with Crippen molar-refractivity contribution >= 4 is 15.9 Å². The highest BCUT2D eigenvalue weighted by atomic mass is 32.2. The van der Waals surface area contributed by atoms with E-state index < -0.39 is 35.3 Å². The van der Waals surface area contributed by atoms with Crippen LogP contribution >= 0.6 is 0 Å². The SMILES string of the molecule is CN(CC(=O)NCc1ccc(COCC(F)(F)F)cc1)S(=O)(=O)c1ccc(C#N)cc1. The Morgan fingerprint density at radius 1 is 1.10 bits per heavy atom. The third kappa shape index (κ3) is 7.67. The Hall–Kier alpha value is -2.94. The molecule has 0 fully saturated rings. The molecule has 166 valence electrons. The molecule has 2 aromatic carbocycles. The van der Waals surface area contributed by atoms with E-state index in [1.54, 1.807) is 24.3 Å². The van der Waals surface area contributed by atoms with Gasteiger partial charge in [-0.25, -0.2) is 8.42 Å². The van der Waals surface area contributed by atoms with E-state index in [1.165, 1.54) is 31.3 Å². The molecule has 7 nitrogen and oxygen atoms in total. The molecule has 0 saturated heterocycles. The number of nitrogens with one attached hydrogen (secondary N) is 1. The summed E-state index contributed by atoms with van der Waals surface area (Å²) in [4.78, 5) is 12.1. The molecule has 1 N–H and O–H groups in total. The first-order chi connectivity index (χ1) is 14.5. The lowest BCUT2D eigenvalue weighted by Crippen LogP contribution is -2.38. The summed E-state index contributed by atoms with van der Waals surface area (Å²) in [5.41, 5.74) is 1.55. The Morgan fingerprint density at radius 2 is 1.68 bits per heavy atom. The van der Waals surface area contributed by atoms with Crippen molar-refractivity contribution in [2.24, 2.45) is 0 Å². The number of hydrogen-bond acceptors (Lipinski definition) is 5. The smallest absolute Gasteiger partial charge is 0.367 e. The summed E-state index contributed by atoms with van der Waals surface area (Å²) in [7, 11) is -2.63. The molecule has 0 bridgehead atoms. The van der Waals surface area contributed by atoms with Crippen LogP contribution in [0.1, 0.15) is 16.7 Å². The minimum atomic E-state index is -4.38. The van der Waals surface area contributed by atoms with E-state index >= 15 is 0 Å². The number of amides is 1. The predicted molar refractivity (Wildman–Crippen MR) is 105 cm³/mol. The molecule has 11 heteroatoms. The zero-order valence-electron chi connectivity index (χ0n) is 16.5. The van der Waals surface area contributed by atoms with E-state index in [0.29, 0.717) is 16.7 Å². The van der Waals surface area contributed by atoms with Crippen molar-refractivity contribution < 1.29 is 31.1 Å². The fourth-order valence-electron chi connectivity index (χ4n) is 2.46. The Bertz CT molecular complexity index is 1030. The van der Waals surface area contributed by atoms with E-state index in [2.05, 4.69) is 10.1 Å². The Kier molecular flexibility index (Phi) is 8.15. The highest BCUT2D eigenvalue weighted by molar-refractivity contribution is 7.89. The highest BCUT2D eigenvalue weighted by Gasteiger charge is 2.27. The van der Waals surface area contributed by atoms with Crippen molar-refractivity contribution in [1.29, 1.82) is 5.26 Å². The number of benzene rings is 2. The maximum absolute atomic E-state index is 12.5. The van der Waals surface area contributed by atoms with Gasteiger partial charge in [-0.05, 0) is 35.4 Å². The minimum absolute atomic E-state index is 0.0369. The van der Waals surface area contributed by atoms with Crippen molar-refractivity contribution in [3.05, 3.63) is 65.2 Å². The summed E-state index contributed by atoms with van der Waals surface area (Å²) in [6, 6.07) is 13.7. The van der Waals surface area contributed by atoms with Crippen LogP contribution in [0, 0.1) is 11.3 Å². The second kappa shape index (κ2) is 10.4. The quantitative estimate of drug-likeness (QED) is 0.627. The van der Waals surface area contributed by atoms with Gasteiger partial charge in [0.25, 0.3) is 0 Å². The number of rotatable bonds is 9. The number of nitrogens with zero attached hydrogens (tertiary/aromatic N) is 2. The van der Waals surface area contributed by atoms with Gasteiger partial charge in [0.15, 0.2) is 0 Å². The number of nitriles is 1. The van der Waals surface area contributed by atoms with Crippen LogP contribution in [0.3, 0.4) is 0 Å². The van der Waals surface area contributed by atoms with Gasteiger partial charge in [0, 0.05) is 13.6 Å². The van der Waals surface area contributed by atoms with Gasteiger partial charge in [0.05, 0.1) is 29.7 Å². The van der Waals surface area contributed by atoms with Gasteiger partial charge in [-0.15, -0.1) is 0 Å². The number of halogens is 3. The van der Waals surface area contributed by atoms with Crippen molar-refractivity contribution in [2.45, 2.75) is 24.2 Å². The Labute approximate surface area is 178 Å². The van der Waals surface area contributed by atoms with Crippen LogP contribution in [0.25, 0.3) is 0 Å². The molecule has 0 heterocycles. The van der Waals surface area contributed by atoms with Gasteiger partial charge in [-0.3, -0.25) is 4.79 Å². The van der Waals surface area contributed by atoms with Gasteiger partial charge in [-0.1, -0.05) is 24.3 Å². The third-order valence-electron chi connectivity index (χ3n) is 4.10. The van der Waals surface area contributed by atoms with Crippen LogP contribution in [0.4, 0.5) is 13.2 Å². The number of likely N-dealkylation sites (N-methyl/N-ethyl adjacent to an activating group) is 1. The number of ether oxygens (including phenoxy) is 1. The lowest BCUT2D eigenvalue weighted by atomic mass is 10.1. The number of hydrogen-bond donors (Lipinski definition) is 1. The van der Waals surface area contributed by atoms with Crippen LogP contribution in [-0.2, 0) is 32.7 Å². The molecule has 31 heavy (non-hydrogen) atoms. The van der Waals surface area contributed by atoms with E-state index in [4.69, 9.17) is 5.26 Å². The van der Waals surface area contributed by atoms with E-state index in [1.807, 2.05) is 6.07 Å². The molecular weight excluding hydrogens is 435 g/mol. The van der Waals surface area contributed by atoms with Crippen molar-refractivity contribution in [3.8, 4) is 6.07 Å². The maximum atomic E-state index is 12.5. The lowest BCUT2D eigenvalue weighted by molar-refractivity contribution is -0.176. The molecule has 0 radical (unpaired) electrons. The molecule has 0 aliphatic rings. The number of sulfonamides is 1. The van der Waals surface area contributed by atoms with Gasteiger partial charge >= 0.3 is 6.18 Å². The molecule has 0 unspecified atom stereocenters. The van der Waals surface area contributed by atoms with Crippen LogP contribution in [0.2, 0.25) is 0 Å². The monoisotopic (exact) mass is 455 g/mol. The minimum Gasteiger partial charge on any atom is -0.367 e. The van der Waals surface area contributed by atoms with Crippen molar-refractivity contribution in [2.75, 3.05) is 20.2 Å². The summed E-state index contributed by atoms with van der Waals surface area (Å²) >= 11 is 0. The van der Waals surface area contributed by atoms with Crippen molar-refractivity contribution in [1.82, 2.24) is 9.62 Å². The first kappa shape index (κ1) is 24.3. The zero-order valence-corrected chi connectivity index (χ0v) is 17.3. The number of alkyl halides is 3. The molecule has 2 aromatic rings. The molecule has 1 amide bonds. The third-order valence-corrected chi connectivity index (χ3v) is 5.92. The van der Waals surface area contributed by atoms with Crippen molar-refractivity contribution in [3.63, 3.8) is 0 Å². The van der Waals surface area contributed by atoms with Crippen LogP contribution < -0.4 is 5.32 Å². The topological polar surface area (TPSA) is 99.5 Å². The fourth-order valence-corrected chi connectivity index (χ4v) is 3.59. The first-order valence-electron chi connectivity index (χ1n) is 8.97. The molecule has 2 rings (SSSR count). The number of carbonyl (C=O) groups is 1. The van der Waals surface area contributed by atoms with E-state index in [9.17, 15) is 26.4 Å². The normalized spacial score (nSPS) is 11.9. The van der Waals surface area contributed by atoms with Crippen LogP contribution in [0.15, 0.2) is 53.4 Å². The molecule has 0 spiro atoms. The summed E-state index contributed by atoms with van der Waals surface area (Å²) in [6.45, 7) is -1.81. The summed E-state index contributed by atoms with van der Waals surface area (Å²) < 4.78 is 66.7. The second-order valence-electron chi connectivity index (χ2n) is 6.60. The summed E-state index contributed by atoms with van der Waals surface area (Å²) in [5, 5.41) is 11.4. The average Bonchev–Trinajstić information content (AvgIpc) is 2.72. The Balaban J connectivity index is 1.84. The lowest BCUT2D eigenvalue weighted by Gasteiger charge is -2.17. The molecule has 0 saturated carbocycles. The van der Waals surface area contributed by atoms with Gasteiger partial charge < -0.3 is 10.1 Å². The average molecular weight is 455 g/mol. The highest BCUT2D eigenvalue weighted by Crippen LogP contribution is 2.16. The second-order valence-corrected chi connectivity index (χ2v) is 8.64. The molecule has 0 atom stereocenters. The van der Waals surface area contributed by atoms with E-state index in [-0.39, 0.29) is 18.0 Å². The standard InChI is InChI=1S/C20H20F3N3O4S/c1-26(31(28,29)18-8-6-15(10-24)7-9-18)12-19(27)25-11-16-2-4-17(5-3-16)13-30-14-20(21,22)23/h2-9H,11-14H2,1H3,(H,25,27). The molecular formula is C20H20F3N3O4S. The van der Waals surface area contributed by atoms with Gasteiger partial charge in [0.2, 0.25) is 15.9 Å². The Morgan fingerprint density at radius 3 is 2.23 bits per heavy atom. The maximum Gasteiger partial charge on any atom is 0.411 e. The fraction of sp³-hybridized carbons (Fsp3) is 0.300. The van der Waals surface area contributed by atoms with Crippen LogP contribution in [-0.4, -0.2) is 45.0 Å². The largest absolute Gasteiger partial charge is 0.411 e. The summed E-state index contributed by atoms with van der Waals surface area (Å²) in [5.74, 6) is -0.530. The molecule has 0 aliphatic heterocycles. The van der Waals surface area contributed by atoms with E-state index in [0.717, 1.165) is 4.31 Å². The van der Waals surface area contributed by atoms with Crippen LogP contribution in [0.5, 0.6) is 0 Å². The van der Waals surface area contributed by atoms with Gasteiger partial charge in [0.1, 0.15) is 6.61 Å². The number of carbonyl (C=O) groups excluding carboxylic acids is 1. The predicted octanol–water partition coefficient (Wildman–Crippen LogP) is 2.57. The zero-order chi connectivity index (χ0) is 23.1.